The van der Waals surface area contributed by atoms with Crippen LogP contribution in [0.5, 0.6) is 0 Å². The van der Waals surface area contributed by atoms with Crippen LogP contribution in [-0.4, -0.2) is 29.4 Å². The van der Waals surface area contributed by atoms with Crippen molar-refractivity contribution >= 4 is 16.9 Å². The van der Waals surface area contributed by atoms with Crippen LogP contribution < -0.4 is 11.4 Å². The first-order valence-corrected chi connectivity index (χ1v) is 7.67. The van der Waals surface area contributed by atoms with E-state index in [1.165, 1.54) is 0 Å². The van der Waals surface area contributed by atoms with Crippen molar-refractivity contribution in [3.63, 3.8) is 0 Å². The molecular weight excluding hydrogens is 280 g/mol. The summed E-state index contributed by atoms with van der Waals surface area (Å²) in [4.78, 5) is 26.7. The molecule has 0 aliphatic carbocycles. The highest BCUT2D eigenvalue weighted by Crippen LogP contribution is 2.22. The molecule has 0 saturated carbocycles. The first-order chi connectivity index (χ1) is 10.6. The highest BCUT2D eigenvalue weighted by atomic mass is 16.4. The molecule has 2 heterocycles. The Morgan fingerprint density at radius 3 is 2.91 bits per heavy atom. The van der Waals surface area contributed by atoms with Crippen LogP contribution in [0.2, 0.25) is 0 Å². The van der Waals surface area contributed by atoms with Crippen LogP contribution in [0.3, 0.4) is 0 Å². The van der Waals surface area contributed by atoms with E-state index in [1.807, 2.05) is 19.1 Å². The Morgan fingerprint density at radius 1 is 1.36 bits per heavy atom. The Hall–Kier alpha value is -2.14. The topological polar surface area (TPSA) is 76.5 Å². The molecule has 1 aromatic heterocycles. The summed E-state index contributed by atoms with van der Waals surface area (Å²) in [6, 6.07) is 8.68. The third kappa shape index (κ3) is 2.64. The molecule has 0 bridgehead atoms. The number of nitrogens with zero attached hydrogens (tertiary/aromatic N) is 1. The molecule has 2 atom stereocenters. The maximum Gasteiger partial charge on any atom is 0.349 e. The van der Waals surface area contributed by atoms with Crippen LogP contribution in [0.1, 0.15) is 36.5 Å². The maximum absolute atomic E-state index is 12.8. The lowest BCUT2D eigenvalue weighted by atomic mass is 9.96. The fourth-order valence-electron chi connectivity index (χ4n) is 3.12. The van der Waals surface area contributed by atoms with E-state index >= 15 is 0 Å². The molecule has 3 rings (SSSR count). The lowest BCUT2D eigenvalue weighted by Gasteiger charge is -2.37. The molecule has 1 saturated heterocycles. The third-order valence-corrected chi connectivity index (χ3v) is 4.29. The van der Waals surface area contributed by atoms with Crippen molar-refractivity contribution in [1.82, 2.24) is 4.90 Å². The molecule has 2 aromatic rings. The van der Waals surface area contributed by atoms with Crippen molar-refractivity contribution in [2.24, 2.45) is 5.73 Å². The summed E-state index contributed by atoms with van der Waals surface area (Å²) in [5, 5.41) is 0.750. The first kappa shape index (κ1) is 14.8. The fourth-order valence-corrected chi connectivity index (χ4v) is 3.12. The standard InChI is InChI=1S/C17H20N2O3/c1-11(18)14-7-4-5-9-19(14)16(20)13-10-12-6-2-3-8-15(12)22-17(13)21/h2-3,6,8,10-11,14H,4-5,7,9,18H2,1H3. The van der Waals surface area contributed by atoms with E-state index in [-0.39, 0.29) is 23.6 Å². The summed E-state index contributed by atoms with van der Waals surface area (Å²) in [5.41, 5.74) is 6.00. The second kappa shape index (κ2) is 5.93. The van der Waals surface area contributed by atoms with Crippen LogP contribution in [0.4, 0.5) is 0 Å². The lowest BCUT2D eigenvalue weighted by Crippen LogP contribution is -2.52. The van der Waals surface area contributed by atoms with Crippen LogP contribution >= 0.6 is 0 Å². The summed E-state index contributed by atoms with van der Waals surface area (Å²) in [6.45, 7) is 2.54. The second-order valence-electron chi connectivity index (χ2n) is 5.91. The lowest BCUT2D eigenvalue weighted by molar-refractivity contribution is 0.0579. The number of para-hydroxylation sites is 1. The van der Waals surface area contributed by atoms with Gasteiger partial charge in [0, 0.05) is 24.0 Å². The number of carbonyl (C=O) groups is 1. The van der Waals surface area contributed by atoms with Gasteiger partial charge in [-0.25, -0.2) is 4.79 Å². The van der Waals surface area contributed by atoms with Gasteiger partial charge in [0.2, 0.25) is 0 Å². The van der Waals surface area contributed by atoms with Crippen molar-refractivity contribution in [2.75, 3.05) is 6.54 Å². The zero-order chi connectivity index (χ0) is 15.7. The van der Waals surface area contributed by atoms with Crippen molar-refractivity contribution in [1.29, 1.82) is 0 Å². The monoisotopic (exact) mass is 300 g/mol. The summed E-state index contributed by atoms with van der Waals surface area (Å²) in [7, 11) is 0. The average Bonchev–Trinajstić information content (AvgIpc) is 2.53. The molecule has 0 spiro atoms. The largest absolute Gasteiger partial charge is 0.422 e. The number of hydrogen-bond acceptors (Lipinski definition) is 4. The maximum atomic E-state index is 12.8. The number of hydrogen-bond donors (Lipinski definition) is 1. The molecule has 1 aliphatic rings. The van der Waals surface area contributed by atoms with Gasteiger partial charge in [0.25, 0.3) is 5.91 Å². The molecule has 5 nitrogen and oxygen atoms in total. The van der Waals surface area contributed by atoms with E-state index in [0.717, 1.165) is 24.6 Å². The minimum atomic E-state index is -0.585. The molecule has 1 aromatic carbocycles. The highest BCUT2D eigenvalue weighted by molar-refractivity contribution is 5.96. The Bertz CT molecular complexity index is 751. The van der Waals surface area contributed by atoms with Gasteiger partial charge < -0.3 is 15.1 Å². The van der Waals surface area contributed by atoms with E-state index in [9.17, 15) is 9.59 Å². The van der Waals surface area contributed by atoms with Gasteiger partial charge in [-0.05, 0) is 38.3 Å². The van der Waals surface area contributed by atoms with E-state index in [2.05, 4.69) is 0 Å². The molecule has 116 valence electrons. The first-order valence-electron chi connectivity index (χ1n) is 7.67. The Morgan fingerprint density at radius 2 is 2.14 bits per heavy atom. The predicted octanol–water partition coefficient (Wildman–Crippen LogP) is 2.13. The average molecular weight is 300 g/mol. The van der Waals surface area contributed by atoms with Gasteiger partial charge >= 0.3 is 5.63 Å². The third-order valence-electron chi connectivity index (χ3n) is 4.29. The fraction of sp³-hybridized carbons (Fsp3) is 0.412. The van der Waals surface area contributed by atoms with Gasteiger partial charge in [-0.1, -0.05) is 18.2 Å². The number of piperidine rings is 1. The smallest absolute Gasteiger partial charge is 0.349 e. The summed E-state index contributed by atoms with van der Waals surface area (Å²) >= 11 is 0. The number of rotatable bonds is 2. The van der Waals surface area contributed by atoms with Gasteiger partial charge in [-0.3, -0.25) is 4.79 Å². The molecule has 2 N–H and O–H groups in total. The van der Waals surface area contributed by atoms with E-state index < -0.39 is 5.63 Å². The molecule has 1 amide bonds. The van der Waals surface area contributed by atoms with Crippen molar-refractivity contribution < 1.29 is 9.21 Å². The number of likely N-dealkylation sites (tertiary alicyclic amines) is 1. The quantitative estimate of drug-likeness (QED) is 0.862. The minimum Gasteiger partial charge on any atom is -0.422 e. The molecular formula is C17H20N2O3. The number of fused-ring (bicyclic) bond motifs is 1. The molecule has 5 heteroatoms. The zero-order valence-electron chi connectivity index (χ0n) is 12.6. The van der Waals surface area contributed by atoms with Gasteiger partial charge in [-0.15, -0.1) is 0 Å². The molecule has 1 aliphatic heterocycles. The van der Waals surface area contributed by atoms with Crippen LogP contribution in [0, 0.1) is 0 Å². The molecule has 0 radical (unpaired) electrons. The van der Waals surface area contributed by atoms with E-state index in [4.69, 9.17) is 10.2 Å². The number of benzene rings is 1. The summed E-state index contributed by atoms with van der Waals surface area (Å²) < 4.78 is 5.27. The van der Waals surface area contributed by atoms with Gasteiger partial charge in [-0.2, -0.15) is 0 Å². The number of amides is 1. The van der Waals surface area contributed by atoms with E-state index in [1.54, 1.807) is 23.1 Å². The zero-order valence-corrected chi connectivity index (χ0v) is 12.6. The Balaban J connectivity index is 2.00. The molecule has 22 heavy (non-hydrogen) atoms. The predicted molar refractivity (Wildman–Crippen MR) is 84.8 cm³/mol. The normalized spacial score (nSPS) is 20.1. The van der Waals surface area contributed by atoms with Gasteiger partial charge in [0.15, 0.2) is 0 Å². The SMILES string of the molecule is CC(N)C1CCCCN1C(=O)c1cc2ccccc2oc1=O. The Kier molecular flexibility index (Phi) is 3.98. The highest BCUT2D eigenvalue weighted by Gasteiger charge is 2.31. The van der Waals surface area contributed by atoms with Gasteiger partial charge in [0.05, 0.1) is 0 Å². The summed E-state index contributed by atoms with van der Waals surface area (Å²) in [6.07, 6.45) is 2.87. The number of nitrogens with two attached hydrogens (primary N) is 1. The van der Waals surface area contributed by atoms with Crippen molar-refractivity contribution in [3.8, 4) is 0 Å². The second-order valence-corrected chi connectivity index (χ2v) is 5.91. The Labute approximate surface area is 128 Å². The summed E-state index contributed by atoms with van der Waals surface area (Å²) in [5.74, 6) is -0.276. The molecule has 1 fully saturated rings. The van der Waals surface area contributed by atoms with Crippen molar-refractivity contribution in [2.45, 2.75) is 38.3 Å². The molecule has 2 unspecified atom stereocenters. The minimum absolute atomic E-state index is 0.0212. The van der Waals surface area contributed by atoms with Gasteiger partial charge in [0.1, 0.15) is 11.1 Å². The van der Waals surface area contributed by atoms with Crippen molar-refractivity contribution in [3.05, 3.63) is 46.3 Å². The van der Waals surface area contributed by atoms with E-state index in [0.29, 0.717) is 12.1 Å². The van der Waals surface area contributed by atoms with Crippen LogP contribution in [0.15, 0.2) is 39.5 Å². The number of carbonyl (C=O) groups excluding carboxylic acids is 1. The van der Waals surface area contributed by atoms with Crippen LogP contribution in [0.25, 0.3) is 11.0 Å². The van der Waals surface area contributed by atoms with Crippen LogP contribution in [-0.2, 0) is 0 Å².